The minimum Gasteiger partial charge on any atom is -0.326 e. The van der Waals surface area contributed by atoms with Gasteiger partial charge in [-0.2, -0.15) is 0 Å². The van der Waals surface area contributed by atoms with E-state index in [4.69, 9.17) is 5.73 Å². The van der Waals surface area contributed by atoms with Crippen molar-refractivity contribution in [2.24, 2.45) is 11.1 Å². The average molecular weight is 267 g/mol. The molecule has 1 saturated carbocycles. The van der Waals surface area contributed by atoms with Crippen LogP contribution in [0.5, 0.6) is 0 Å². The summed E-state index contributed by atoms with van der Waals surface area (Å²) in [5.41, 5.74) is 6.09. The Kier molecular flexibility index (Phi) is 3.52. The fourth-order valence-electron chi connectivity index (χ4n) is 2.74. The highest BCUT2D eigenvalue weighted by Gasteiger charge is 2.43. The lowest BCUT2D eigenvalue weighted by molar-refractivity contribution is 0.204. The number of hydrogen-bond donors (Lipinski definition) is 1. The van der Waals surface area contributed by atoms with E-state index in [0.29, 0.717) is 11.3 Å². The van der Waals surface area contributed by atoms with E-state index < -0.39 is 15.1 Å². The molecule has 0 amide bonds. The maximum atomic E-state index is 12.6. The Morgan fingerprint density at radius 3 is 2.44 bits per heavy atom. The number of sulfone groups is 1. The Balaban J connectivity index is 2.37. The number of rotatable bonds is 2. The highest BCUT2D eigenvalue weighted by atomic mass is 32.2. The van der Waals surface area contributed by atoms with Crippen molar-refractivity contribution in [1.82, 2.24) is 0 Å². The largest absolute Gasteiger partial charge is 0.326 e. The number of nitrogens with two attached hydrogens (primary N) is 1. The lowest BCUT2D eigenvalue weighted by Crippen LogP contribution is -2.52. The Morgan fingerprint density at radius 2 is 1.83 bits per heavy atom. The van der Waals surface area contributed by atoms with E-state index >= 15 is 0 Å². The van der Waals surface area contributed by atoms with Gasteiger partial charge in [0.15, 0.2) is 9.84 Å². The summed E-state index contributed by atoms with van der Waals surface area (Å²) in [5, 5.41) is -0.455. The molecule has 0 aliphatic heterocycles. The van der Waals surface area contributed by atoms with Gasteiger partial charge >= 0.3 is 0 Å². The number of hydrogen-bond acceptors (Lipinski definition) is 3. The van der Waals surface area contributed by atoms with E-state index in [2.05, 4.69) is 13.8 Å². The summed E-state index contributed by atoms with van der Waals surface area (Å²) in [6, 6.07) is 8.35. The predicted molar refractivity (Wildman–Crippen MR) is 73.0 cm³/mol. The molecular formula is C14H21NO2S. The van der Waals surface area contributed by atoms with Crippen LogP contribution in [0.3, 0.4) is 0 Å². The van der Waals surface area contributed by atoms with Crippen LogP contribution in [0.2, 0.25) is 0 Å². The van der Waals surface area contributed by atoms with E-state index in [9.17, 15) is 8.42 Å². The van der Waals surface area contributed by atoms with Gasteiger partial charge in [0.25, 0.3) is 0 Å². The van der Waals surface area contributed by atoms with Crippen LogP contribution in [-0.4, -0.2) is 19.7 Å². The minimum atomic E-state index is -3.31. The molecule has 0 saturated heterocycles. The molecule has 3 nitrogen and oxygen atoms in total. The molecule has 18 heavy (non-hydrogen) atoms. The molecule has 0 radical (unpaired) electrons. The molecule has 4 heteroatoms. The zero-order valence-electron chi connectivity index (χ0n) is 11.0. The van der Waals surface area contributed by atoms with Crippen LogP contribution in [0, 0.1) is 5.41 Å². The van der Waals surface area contributed by atoms with Gasteiger partial charge in [0.2, 0.25) is 0 Å². The first-order chi connectivity index (χ1) is 8.36. The SMILES string of the molecule is CC1(C)CCCC(S(=O)(=O)c2ccccc2)C1N. The molecule has 2 N–H and O–H groups in total. The lowest BCUT2D eigenvalue weighted by Gasteiger charge is -2.41. The van der Waals surface area contributed by atoms with Gasteiger partial charge in [-0.1, -0.05) is 38.5 Å². The molecule has 1 aromatic carbocycles. The van der Waals surface area contributed by atoms with Crippen molar-refractivity contribution in [1.29, 1.82) is 0 Å². The monoisotopic (exact) mass is 267 g/mol. The first-order valence-electron chi connectivity index (χ1n) is 6.40. The molecule has 0 bridgehead atoms. The number of benzene rings is 1. The van der Waals surface area contributed by atoms with Crippen LogP contribution >= 0.6 is 0 Å². The fraction of sp³-hybridized carbons (Fsp3) is 0.571. The summed E-state index contributed by atoms with van der Waals surface area (Å²) in [7, 11) is -3.31. The van der Waals surface area contributed by atoms with Crippen LogP contribution in [0.25, 0.3) is 0 Å². The van der Waals surface area contributed by atoms with Crippen molar-refractivity contribution in [2.75, 3.05) is 0 Å². The van der Waals surface area contributed by atoms with Gasteiger partial charge in [-0.25, -0.2) is 8.42 Å². The Morgan fingerprint density at radius 1 is 1.22 bits per heavy atom. The Bertz CT molecular complexity index is 508. The first kappa shape index (κ1) is 13.6. The zero-order valence-corrected chi connectivity index (χ0v) is 11.8. The third-order valence-electron chi connectivity index (χ3n) is 4.08. The summed E-state index contributed by atoms with van der Waals surface area (Å²) in [4.78, 5) is 0.392. The van der Waals surface area contributed by atoms with Crippen LogP contribution in [0.1, 0.15) is 33.1 Å². The molecule has 2 unspecified atom stereocenters. The van der Waals surface area contributed by atoms with E-state index in [1.165, 1.54) is 0 Å². The third-order valence-corrected chi connectivity index (χ3v) is 6.34. The van der Waals surface area contributed by atoms with Crippen molar-refractivity contribution < 1.29 is 8.42 Å². The molecule has 0 heterocycles. The van der Waals surface area contributed by atoms with Crippen molar-refractivity contribution >= 4 is 9.84 Å². The lowest BCUT2D eigenvalue weighted by atomic mass is 9.73. The van der Waals surface area contributed by atoms with Crippen molar-refractivity contribution in [3.8, 4) is 0 Å². The first-order valence-corrected chi connectivity index (χ1v) is 7.95. The fourth-order valence-corrected chi connectivity index (χ4v) is 4.86. The van der Waals surface area contributed by atoms with Gasteiger partial charge in [0.05, 0.1) is 10.1 Å². The maximum absolute atomic E-state index is 12.6. The molecule has 2 rings (SSSR count). The summed E-state index contributed by atoms with van der Waals surface area (Å²) in [6.07, 6.45) is 2.59. The molecule has 1 aliphatic carbocycles. The molecule has 0 spiro atoms. The van der Waals surface area contributed by atoms with E-state index in [1.807, 2.05) is 6.07 Å². The van der Waals surface area contributed by atoms with E-state index in [1.54, 1.807) is 24.3 Å². The molecule has 1 aliphatic rings. The summed E-state index contributed by atoms with van der Waals surface area (Å²) < 4.78 is 25.2. The topological polar surface area (TPSA) is 60.2 Å². The molecule has 1 aromatic rings. The zero-order chi connectivity index (χ0) is 13.4. The van der Waals surface area contributed by atoms with Crippen LogP contribution in [0.15, 0.2) is 35.2 Å². The second-order valence-electron chi connectivity index (χ2n) is 5.80. The normalized spacial score (nSPS) is 27.9. The predicted octanol–water partition coefficient (Wildman–Crippen LogP) is 2.37. The summed E-state index contributed by atoms with van der Waals surface area (Å²) in [6.45, 7) is 4.12. The Labute approximate surface area is 109 Å². The van der Waals surface area contributed by atoms with Crippen molar-refractivity contribution in [2.45, 2.75) is 49.3 Å². The highest BCUT2D eigenvalue weighted by Crippen LogP contribution is 2.38. The molecule has 100 valence electrons. The second-order valence-corrected chi connectivity index (χ2v) is 7.97. The Hall–Kier alpha value is -0.870. The standard InChI is InChI=1S/C14H21NO2S/c1-14(2)10-6-9-12(13(14)15)18(16,17)11-7-4-3-5-8-11/h3-5,7-8,12-13H,6,9-10,15H2,1-2H3. The van der Waals surface area contributed by atoms with Gasteiger partial charge in [-0.05, 0) is 30.4 Å². The van der Waals surface area contributed by atoms with Crippen molar-refractivity contribution in [3.05, 3.63) is 30.3 Å². The quantitative estimate of drug-likeness (QED) is 0.895. The molecule has 1 fully saturated rings. The summed E-state index contributed by atoms with van der Waals surface area (Å²) >= 11 is 0. The smallest absolute Gasteiger partial charge is 0.182 e. The molecule has 0 aromatic heterocycles. The van der Waals surface area contributed by atoms with Gasteiger partial charge in [0.1, 0.15) is 0 Å². The maximum Gasteiger partial charge on any atom is 0.182 e. The average Bonchev–Trinajstić information content (AvgIpc) is 2.33. The van der Waals surface area contributed by atoms with Gasteiger partial charge in [-0.15, -0.1) is 0 Å². The minimum absolute atomic E-state index is 0.106. The van der Waals surface area contributed by atoms with Crippen LogP contribution in [-0.2, 0) is 9.84 Å². The highest BCUT2D eigenvalue weighted by molar-refractivity contribution is 7.92. The van der Waals surface area contributed by atoms with E-state index in [-0.39, 0.29) is 11.5 Å². The van der Waals surface area contributed by atoms with Gasteiger partial charge in [-0.3, -0.25) is 0 Å². The van der Waals surface area contributed by atoms with Gasteiger partial charge in [0, 0.05) is 6.04 Å². The molecular weight excluding hydrogens is 246 g/mol. The van der Waals surface area contributed by atoms with Crippen LogP contribution in [0.4, 0.5) is 0 Å². The molecule has 2 atom stereocenters. The third kappa shape index (κ3) is 2.31. The van der Waals surface area contributed by atoms with E-state index in [0.717, 1.165) is 12.8 Å². The second kappa shape index (κ2) is 4.67. The van der Waals surface area contributed by atoms with Crippen LogP contribution < -0.4 is 5.73 Å². The summed E-state index contributed by atoms with van der Waals surface area (Å²) in [5.74, 6) is 0. The van der Waals surface area contributed by atoms with Gasteiger partial charge < -0.3 is 5.73 Å². The van der Waals surface area contributed by atoms with Crippen molar-refractivity contribution in [3.63, 3.8) is 0 Å².